The second-order valence-corrected chi connectivity index (χ2v) is 7.75. The summed E-state index contributed by atoms with van der Waals surface area (Å²) in [4.78, 5) is 32.9. The Balaban J connectivity index is 1.37. The smallest absolute Gasteiger partial charge is 0.276 e. The van der Waals surface area contributed by atoms with Crippen LogP contribution in [0, 0.1) is 0 Å². The third kappa shape index (κ3) is 3.32. The minimum Gasteiger partial charge on any atom is -0.320 e. The van der Waals surface area contributed by atoms with E-state index in [9.17, 15) is 9.59 Å². The van der Waals surface area contributed by atoms with Gasteiger partial charge in [-0.1, -0.05) is 42.5 Å². The molecule has 1 amide bonds. The Morgan fingerprint density at radius 1 is 0.909 bits per heavy atom. The average Bonchev–Trinajstić information content (AvgIpc) is 3.29. The van der Waals surface area contributed by atoms with Gasteiger partial charge in [0.2, 0.25) is 0 Å². The number of fused-ring (bicyclic) bond motifs is 3. The van der Waals surface area contributed by atoms with Crippen molar-refractivity contribution in [3.63, 3.8) is 0 Å². The molecule has 7 nitrogen and oxygen atoms in total. The fraction of sp³-hybridized carbons (Fsp3) is 0. The molecule has 0 saturated carbocycles. The number of amides is 1. The van der Waals surface area contributed by atoms with E-state index < -0.39 is 5.91 Å². The number of pyridine rings is 1. The monoisotopic (exact) mass is 431 g/mol. The molecule has 33 heavy (non-hydrogen) atoms. The number of carbonyl (C=O) groups excluding carboxylic acids is 1. The Bertz CT molecular complexity index is 1740. The summed E-state index contributed by atoms with van der Waals surface area (Å²) in [6.07, 6.45) is 3.43. The van der Waals surface area contributed by atoms with Crippen LogP contribution in [0.5, 0.6) is 0 Å². The predicted octanol–water partition coefficient (Wildman–Crippen LogP) is 4.64. The number of benzene rings is 3. The molecule has 0 fully saturated rings. The van der Waals surface area contributed by atoms with Gasteiger partial charge < -0.3 is 10.3 Å². The van der Waals surface area contributed by atoms with Gasteiger partial charge in [0.25, 0.3) is 11.5 Å². The van der Waals surface area contributed by atoms with E-state index in [0.29, 0.717) is 16.9 Å². The molecule has 0 atom stereocenters. The second-order valence-electron chi connectivity index (χ2n) is 7.75. The van der Waals surface area contributed by atoms with Crippen molar-refractivity contribution in [2.24, 2.45) is 0 Å². The third-order valence-electron chi connectivity index (χ3n) is 5.65. The average molecular weight is 431 g/mol. The SMILES string of the molecule is O=C(Nc1cccc2ncccc12)c1cc2c(=O)[nH]c(-c3ccc4ccccc4c3)cn2n1. The molecule has 6 aromatic rings. The lowest BCUT2D eigenvalue weighted by atomic mass is 10.1. The van der Waals surface area contributed by atoms with Crippen molar-refractivity contribution < 1.29 is 4.79 Å². The summed E-state index contributed by atoms with van der Waals surface area (Å²) in [6, 6.07) is 24.7. The van der Waals surface area contributed by atoms with Crippen LogP contribution in [0.3, 0.4) is 0 Å². The van der Waals surface area contributed by atoms with E-state index in [2.05, 4.69) is 20.4 Å². The van der Waals surface area contributed by atoms with E-state index in [1.165, 1.54) is 10.6 Å². The zero-order valence-corrected chi connectivity index (χ0v) is 17.3. The highest BCUT2D eigenvalue weighted by molar-refractivity contribution is 6.08. The molecule has 3 aromatic carbocycles. The predicted molar refractivity (Wildman–Crippen MR) is 128 cm³/mol. The molecular formula is C26H17N5O2. The summed E-state index contributed by atoms with van der Waals surface area (Å²) in [7, 11) is 0. The Kier molecular flexibility index (Phi) is 4.26. The number of hydrogen-bond donors (Lipinski definition) is 2. The zero-order chi connectivity index (χ0) is 22.4. The lowest BCUT2D eigenvalue weighted by Gasteiger charge is -2.06. The number of nitrogens with zero attached hydrogens (tertiary/aromatic N) is 3. The molecule has 3 heterocycles. The minimum absolute atomic E-state index is 0.150. The van der Waals surface area contributed by atoms with Gasteiger partial charge in [0, 0.05) is 23.2 Å². The summed E-state index contributed by atoms with van der Waals surface area (Å²) >= 11 is 0. The molecule has 6 rings (SSSR count). The Morgan fingerprint density at radius 3 is 2.70 bits per heavy atom. The summed E-state index contributed by atoms with van der Waals surface area (Å²) in [5.41, 5.74) is 3.02. The van der Waals surface area contributed by atoms with Gasteiger partial charge in [0.05, 0.1) is 23.1 Å². The van der Waals surface area contributed by atoms with Crippen LogP contribution in [0.1, 0.15) is 10.5 Å². The van der Waals surface area contributed by atoms with Crippen LogP contribution in [0.25, 0.3) is 38.4 Å². The first kappa shape index (κ1) is 18.9. The van der Waals surface area contributed by atoms with E-state index >= 15 is 0 Å². The van der Waals surface area contributed by atoms with Crippen LogP contribution in [-0.2, 0) is 0 Å². The highest BCUT2D eigenvalue weighted by Crippen LogP contribution is 2.24. The molecule has 0 bridgehead atoms. The van der Waals surface area contributed by atoms with Crippen molar-refractivity contribution >= 4 is 38.8 Å². The quantitative estimate of drug-likeness (QED) is 0.427. The molecule has 0 spiro atoms. The molecule has 7 heteroatoms. The molecule has 2 N–H and O–H groups in total. The van der Waals surface area contributed by atoms with Gasteiger partial charge in [-0.2, -0.15) is 5.10 Å². The molecular weight excluding hydrogens is 414 g/mol. The van der Waals surface area contributed by atoms with Crippen molar-refractivity contribution in [3.05, 3.63) is 107 Å². The number of hydrogen-bond acceptors (Lipinski definition) is 4. The normalized spacial score (nSPS) is 11.3. The Morgan fingerprint density at radius 2 is 1.79 bits per heavy atom. The molecule has 0 aliphatic heterocycles. The van der Waals surface area contributed by atoms with Gasteiger partial charge in [-0.15, -0.1) is 0 Å². The molecule has 0 aliphatic carbocycles. The van der Waals surface area contributed by atoms with Crippen LogP contribution in [0.4, 0.5) is 5.69 Å². The maximum atomic E-state index is 12.9. The molecule has 3 aromatic heterocycles. The fourth-order valence-electron chi connectivity index (χ4n) is 4.02. The van der Waals surface area contributed by atoms with Gasteiger partial charge in [-0.3, -0.25) is 14.6 Å². The second kappa shape index (κ2) is 7.42. The van der Waals surface area contributed by atoms with E-state index in [1.54, 1.807) is 12.4 Å². The van der Waals surface area contributed by atoms with Gasteiger partial charge >= 0.3 is 0 Å². The number of aromatic nitrogens is 4. The highest BCUT2D eigenvalue weighted by Gasteiger charge is 2.15. The molecule has 0 aliphatic rings. The number of H-pyrrole nitrogens is 1. The van der Waals surface area contributed by atoms with E-state index in [-0.39, 0.29) is 11.3 Å². The van der Waals surface area contributed by atoms with Crippen LogP contribution in [0.15, 0.2) is 96.1 Å². The molecule has 0 unspecified atom stereocenters. The lowest BCUT2D eigenvalue weighted by molar-refractivity contribution is 0.102. The number of rotatable bonds is 3. The third-order valence-corrected chi connectivity index (χ3v) is 5.65. The first-order valence-electron chi connectivity index (χ1n) is 10.4. The first-order chi connectivity index (χ1) is 16.2. The van der Waals surface area contributed by atoms with E-state index in [0.717, 1.165) is 27.2 Å². The van der Waals surface area contributed by atoms with Gasteiger partial charge in [0.1, 0.15) is 5.52 Å². The van der Waals surface area contributed by atoms with Crippen LogP contribution < -0.4 is 10.9 Å². The van der Waals surface area contributed by atoms with Gasteiger partial charge in [-0.05, 0) is 41.1 Å². The molecule has 0 radical (unpaired) electrons. The molecule has 0 saturated heterocycles. The summed E-state index contributed by atoms with van der Waals surface area (Å²) < 4.78 is 1.45. The fourth-order valence-corrected chi connectivity index (χ4v) is 4.02. The van der Waals surface area contributed by atoms with Crippen molar-refractivity contribution in [3.8, 4) is 11.3 Å². The lowest BCUT2D eigenvalue weighted by Crippen LogP contribution is -2.13. The summed E-state index contributed by atoms with van der Waals surface area (Å²) in [6.45, 7) is 0. The van der Waals surface area contributed by atoms with Crippen molar-refractivity contribution in [1.29, 1.82) is 0 Å². The van der Waals surface area contributed by atoms with Crippen LogP contribution in [0.2, 0.25) is 0 Å². The Labute approximate surface area is 187 Å². The summed E-state index contributed by atoms with van der Waals surface area (Å²) in [5, 5.41) is 10.3. The number of aromatic amines is 1. The summed E-state index contributed by atoms with van der Waals surface area (Å²) in [5.74, 6) is -0.401. The van der Waals surface area contributed by atoms with E-state index in [4.69, 9.17) is 0 Å². The van der Waals surface area contributed by atoms with Gasteiger partial charge in [-0.25, -0.2) is 4.52 Å². The standard InChI is InChI=1S/C26H17N5O2/c32-25(28-21-9-3-8-20-19(21)7-4-12-27-20)22-14-24-26(33)29-23(15-31(24)30-22)18-11-10-16-5-1-2-6-17(16)13-18/h1-15H,(H,28,32)(H,29,33). The Hall–Kier alpha value is -4.78. The van der Waals surface area contributed by atoms with Crippen molar-refractivity contribution in [2.45, 2.75) is 0 Å². The highest BCUT2D eigenvalue weighted by atomic mass is 16.2. The minimum atomic E-state index is -0.401. The van der Waals surface area contributed by atoms with Crippen LogP contribution in [-0.4, -0.2) is 25.5 Å². The zero-order valence-electron chi connectivity index (χ0n) is 17.3. The van der Waals surface area contributed by atoms with Crippen LogP contribution >= 0.6 is 0 Å². The topological polar surface area (TPSA) is 92.1 Å². The maximum Gasteiger partial charge on any atom is 0.276 e. The van der Waals surface area contributed by atoms with Gasteiger partial charge in [0.15, 0.2) is 5.69 Å². The number of nitrogens with one attached hydrogen (secondary N) is 2. The van der Waals surface area contributed by atoms with Crippen molar-refractivity contribution in [2.75, 3.05) is 5.32 Å². The number of carbonyl (C=O) groups is 1. The maximum absolute atomic E-state index is 12.9. The largest absolute Gasteiger partial charge is 0.320 e. The van der Waals surface area contributed by atoms with E-state index in [1.807, 2.05) is 72.8 Å². The molecule has 158 valence electrons. The van der Waals surface area contributed by atoms with Crippen molar-refractivity contribution in [1.82, 2.24) is 19.6 Å². The number of anilines is 1. The first-order valence-corrected chi connectivity index (χ1v) is 10.4.